The number of hydrazine groups is 1. The summed E-state index contributed by atoms with van der Waals surface area (Å²) in [5, 5.41) is 0. The molecule has 0 aliphatic heterocycles. The van der Waals surface area contributed by atoms with Crippen LogP contribution in [0.1, 0.15) is 23.2 Å². The quantitative estimate of drug-likeness (QED) is 0.509. The molecule has 1 aliphatic rings. The van der Waals surface area contributed by atoms with Crippen LogP contribution in [0.2, 0.25) is 0 Å². The van der Waals surface area contributed by atoms with E-state index in [0.29, 0.717) is 5.82 Å². The lowest BCUT2D eigenvalue weighted by atomic mass is 10.1. The number of hydrogen-bond donors (Lipinski definition) is 2. The molecule has 19 heavy (non-hydrogen) atoms. The monoisotopic (exact) mass is 272 g/mol. The van der Waals surface area contributed by atoms with E-state index in [1.807, 2.05) is 0 Å². The molecule has 1 aliphatic carbocycles. The Kier molecular flexibility index (Phi) is 3.66. The topological polar surface area (TPSA) is 63.8 Å². The van der Waals surface area contributed by atoms with Gasteiger partial charge in [0.1, 0.15) is 0 Å². The zero-order valence-corrected chi connectivity index (χ0v) is 11.4. The number of nitrogen functional groups attached to an aromatic ring is 1. The van der Waals surface area contributed by atoms with E-state index in [1.54, 1.807) is 24.2 Å². The van der Waals surface area contributed by atoms with Crippen molar-refractivity contribution >= 4 is 17.6 Å². The van der Waals surface area contributed by atoms with Crippen LogP contribution in [0.25, 0.3) is 0 Å². The van der Waals surface area contributed by atoms with Gasteiger partial charge in [0.25, 0.3) is 0 Å². The predicted octanol–water partition coefficient (Wildman–Crippen LogP) is 2.54. The molecule has 3 rings (SSSR count). The van der Waals surface area contributed by atoms with Crippen molar-refractivity contribution in [2.75, 3.05) is 5.43 Å². The molecule has 0 atom stereocenters. The van der Waals surface area contributed by atoms with Crippen LogP contribution in [-0.4, -0.2) is 9.97 Å². The maximum Gasteiger partial charge on any atom is 0.158 e. The zero-order valence-electron chi connectivity index (χ0n) is 10.6. The van der Waals surface area contributed by atoms with Gasteiger partial charge in [-0.05, 0) is 42.5 Å². The molecule has 1 heterocycles. The standard InChI is InChI=1S/C14H16N4S/c15-18-14-8-16-12(7-17-14)9-19-13-5-4-10-2-1-3-11(10)6-13/h4-8H,1-3,9,15H2,(H,17,18). The van der Waals surface area contributed by atoms with Gasteiger partial charge in [-0.25, -0.2) is 10.8 Å². The van der Waals surface area contributed by atoms with E-state index < -0.39 is 0 Å². The number of nitrogens with one attached hydrogen (secondary N) is 1. The molecule has 0 bridgehead atoms. The fourth-order valence-corrected chi connectivity index (χ4v) is 3.15. The Bertz CT molecular complexity index is 568. The molecule has 0 radical (unpaired) electrons. The molecule has 4 nitrogen and oxygen atoms in total. The molecule has 3 N–H and O–H groups in total. The van der Waals surface area contributed by atoms with Crippen LogP contribution >= 0.6 is 11.8 Å². The fraction of sp³-hybridized carbons (Fsp3) is 0.286. The second-order valence-corrected chi connectivity index (χ2v) is 5.66. The van der Waals surface area contributed by atoms with Crippen LogP contribution in [0.5, 0.6) is 0 Å². The number of nitrogens with zero attached hydrogens (tertiary/aromatic N) is 2. The summed E-state index contributed by atoms with van der Waals surface area (Å²) in [5.41, 5.74) is 6.47. The van der Waals surface area contributed by atoms with Crippen LogP contribution in [0.15, 0.2) is 35.5 Å². The van der Waals surface area contributed by atoms with Crippen molar-refractivity contribution in [3.05, 3.63) is 47.4 Å². The van der Waals surface area contributed by atoms with Gasteiger partial charge in [0.15, 0.2) is 5.82 Å². The molecule has 0 spiro atoms. The van der Waals surface area contributed by atoms with Gasteiger partial charge in [-0.2, -0.15) is 0 Å². The summed E-state index contributed by atoms with van der Waals surface area (Å²) in [7, 11) is 0. The molecule has 0 fully saturated rings. The Labute approximate surface area is 116 Å². The average Bonchev–Trinajstić information content (AvgIpc) is 2.93. The van der Waals surface area contributed by atoms with Crippen molar-refractivity contribution in [1.82, 2.24) is 9.97 Å². The predicted molar refractivity (Wildman–Crippen MR) is 77.9 cm³/mol. The van der Waals surface area contributed by atoms with Crippen molar-refractivity contribution in [2.45, 2.75) is 29.9 Å². The fourth-order valence-electron chi connectivity index (χ4n) is 2.30. The minimum atomic E-state index is 0.589. The molecule has 0 saturated carbocycles. The maximum absolute atomic E-state index is 5.26. The number of aromatic nitrogens is 2. The Morgan fingerprint density at radius 2 is 2.05 bits per heavy atom. The molecule has 2 aromatic rings. The number of thioether (sulfide) groups is 1. The first-order valence-corrected chi connectivity index (χ1v) is 7.36. The highest BCUT2D eigenvalue weighted by molar-refractivity contribution is 7.98. The molecular formula is C14H16N4S. The highest BCUT2D eigenvalue weighted by Crippen LogP contribution is 2.28. The smallest absolute Gasteiger partial charge is 0.158 e. The second-order valence-electron chi connectivity index (χ2n) is 4.61. The third-order valence-corrected chi connectivity index (χ3v) is 4.34. The van der Waals surface area contributed by atoms with Crippen LogP contribution in [-0.2, 0) is 18.6 Å². The molecule has 98 valence electrons. The summed E-state index contributed by atoms with van der Waals surface area (Å²) < 4.78 is 0. The van der Waals surface area contributed by atoms with E-state index >= 15 is 0 Å². The van der Waals surface area contributed by atoms with Gasteiger partial charge in [-0.3, -0.25) is 4.98 Å². The number of anilines is 1. The van der Waals surface area contributed by atoms with E-state index in [0.717, 1.165) is 11.4 Å². The summed E-state index contributed by atoms with van der Waals surface area (Å²) >= 11 is 1.80. The van der Waals surface area contributed by atoms with Crippen molar-refractivity contribution in [1.29, 1.82) is 0 Å². The number of benzene rings is 1. The average molecular weight is 272 g/mol. The van der Waals surface area contributed by atoms with E-state index in [2.05, 4.69) is 33.6 Å². The number of rotatable bonds is 4. The van der Waals surface area contributed by atoms with Crippen molar-refractivity contribution in [3.8, 4) is 0 Å². The number of aryl methyl sites for hydroxylation is 2. The highest BCUT2D eigenvalue weighted by atomic mass is 32.2. The molecule has 1 aromatic carbocycles. The third-order valence-electron chi connectivity index (χ3n) is 3.31. The normalized spacial score (nSPS) is 13.3. The largest absolute Gasteiger partial charge is 0.307 e. The summed E-state index contributed by atoms with van der Waals surface area (Å²) in [6.45, 7) is 0. The first-order chi connectivity index (χ1) is 9.35. The second kappa shape index (κ2) is 5.59. The molecule has 1 aromatic heterocycles. The summed E-state index contributed by atoms with van der Waals surface area (Å²) in [6, 6.07) is 6.78. The van der Waals surface area contributed by atoms with Gasteiger partial charge in [-0.15, -0.1) is 11.8 Å². The van der Waals surface area contributed by atoms with Gasteiger partial charge < -0.3 is 5.43 Å². The van der Waals surface area contributed by atoms with E-state index in [1.165, 1.54) is 35.3 Å². The molecule has 5 heteroatoms. The summed E-state index contributed by atoms with van der Waals surface area (Å²) in [5.74, 6) is 6.68. The third kappa shape index (κ3) is 2.88. The van der Waals surface area contributed by atoms with Crippen molar-refractivity contribution in [3.63, 3.8) is 0 Å². The van der Waals surface area contributed by atoms with Crippen LogP contribution in [0.4, 0.5) is 5.82 Å². The van der Waals surface area contributed by atoms with E-state index in [-0.39, 0.29) is 0 Å². The summed E-state index contributed by atoms with van der Waals surface area (Å²) in [6.07, 6.45) is 7.16. The molecule has 0 amide bonds. The van der Waals surface area contributed by atoms with Crippen LogP contribution < -0.4 is 11.3 Å². The van der Waals surface area contributed by atoms with Gasteiger partial charge in [0.05, 0.1) is 18.1 Å². The first-order valence-electron chi connectivity index (χ1n) is 6.37. The van der Waals surface area contributed by atoms with Crippen molar-refractivity contribution in [2.24, 2.45) is 5.84 Å². The minimum Gasteiger partial charge on any atom is -0.307 e. The molecular weight excluding hydrogens is 256 g/mol. The van der Waals surface area contributed by atoms with Crippen molar-refractivity contribution < 1.29 is 0 Å². The molecule has 0 unspecified atom stereocenters. The minimum absolute atomic E-state index is 0.589. The van der Waals surface area contributed by atoms with Crippen LogP contribution in [0.3, 0.4) is 0 Å². The zero-order chi connectivity index (χ0) is 13.1. The maximum atomic E-state index is 5.26. The number of hydrogen-bond acceptors (Lipinski definition) is 5. The molecule has 0 saturated heterocycles. The Morgan fingerprint density at radius 1 is 1.16 bits per heavy atom. The Morgan fingerprint density at radius 3 is 2.84 bits per heavy atom. The van der Waals surface area contributed by atoms with Gasteiger partial charge in [0, 0.05) is 10.6 Å². The van der Waals surface area contributed by atoms with E-state index in [9.17, 15) is 0 Å². The lowest BCUT2D eigenvalue weighted by Crippen LogP contribution is -2.08. The summed E-state index contributed by atoms with van der Waals surface area (Å²) in [4.78, 5) is 9.78. The SMILES string of the molecule is NNc1cnc(CSc2ccc3c(c2)CCC3)cn1. The first kappa shape index (κ1) is 12.4. The van der Waals surface area contributed by atoms with E-state index in [4.69, 9.17) is 5.84 Å². The number of fused-ring (bicyclic) bond motifs is 1. The van der Waals surface area contributed by atoms with Crippen LogP contribution in [0, 0.1) is 0 Å². The Hall–Kier alpha value is -1.59. The Balaban J connectivity index is 1.65. The lowest BCUT2D eigenvalue weighted by molar-refractivity contribution is 0.911. The number of nitrogens with two attached hydrogens (primary N) is 1. The lowest BCUT2D eigenvalue weighted by Gasteiger charge is -2.05. The van der Waals surface area contributed by atoms with Gasteiger partial charge in [0.2, 0.25) is 0 Å². The van der Waals surface area contributed by atoms with Gasteiger partial charge >= 0.3 is 0 Å². The highest BCUT2D eigenvalue weighted by Gasteiger charge is 2.10. The van der Waals surface area contributed by atoms with Gasteiger partial charge in [-0.1, -0.05) is 6.07 Å².